The maximum atomic E-state index is 5.61. The van der Waals surface area contributed by atoms with Crippen LogP contribution < -0.4 is 11.3 Å². The number of hydrogen-bond acceptors (Lipinski definition) is 3. The molecule has 1 heterocycles. The molecule has 1 saturated carbocycles. The predicted molar refractivity (Wildman–Crippen MR) is 55.4 cm³/mol. The zero-order valence-electron chi connectivity index (χ0n) is 8.83. The highest BCUT2D eigenvalue weighted by Crippen LogP contribution is 2.37. The molecule has 0 saturated heterocycles. The van der Waals surface area contributed by atoms with Crippen molar-refractivity contribution in [2.24, 2.45) is 18.8 Å². The van der Waals surface area contributed by atoms with E-state index in [1.54, 1.807) is 0 Å². The van der Waals surface area contributed by atoms with Gasteiger partial charge in [0, 0.05) is 18.3 Å². The molecular formula is C10H18N4. The molecule has 1 atom stereocenters. The SMILES string of the molecule is Cc1c(C(NN)C2CCC2)cnn1C. The zero-order chi connectivity index (χ0) is 10.1. The monoisotopic (exact) mass is 194 g/mol. The van der Waals surface area contributed by atoms with Gasteiger partial charge in [-0.25, -0.2) is 0 Å². The summed E-state index contributed by atoms with van der Waals surface area (Å²) in [6, 6.07) is 0.289. The van der Waals surface area contributed by atoms with E-state index >= 15 is 0 Å². The summed E-state index contributed by atoms with van der Waals surface area (Å²) in [4.78, 5) is 0. The smallest absolute Gasteiger partial charge is 0.0540 e. The fraction of sp³-hybridized carbons (Fsp3) is 0.700. The van der Waals surface area contributed by atoms with Crippen LogP contribution in [0.3, 0.4) is 0 Å². The second-order valence-corrected chi connectivity index (χ2v) is 4.14. The minimum absolute atomic E-state index is 0.289. The molecule has 1 aromatic heterocycles. The minimum atomic E-state index is 0.289. The van der Waals surface area contributed by atoms with Crippen molar-refractivity contribution >= 4 is 0 Å². The number of nitrogens with zero attached hydrogens (tertiary/aromatic N) is 2. The average molecular weight is 194 g/mol. The summed E-state index contributed by atoms with van der Waals surface area (Å²) >= 11 is 0. The Morgan fingerprint density at radius 3 is 2.71 bits per heavy atom. The molecule has 0 radical (unpaired) electrons. The van der Waals surface area contributed by atoms with Gasteiger partial charge in [0.05, 0.1) is 12.2 Å². The lowest BCUT2D eigenvalue weighted by molar-refractivity contribution is 0.231. The molecule has 1 fully saturated rings. The van der Waals surface area contributed by atoms with Crippen LogP contribution >= 0.6 is 0 Å². The number of hydrazine groups is 1. The van der Waals surface area contributed by atoms with Crippen LogP contribution in [0.1, 0.15) is 36.6 Å². The molecule has 14 heavy (non-hydrogen) atoms. The first-order valence-corrected chi connectivity index (χ1v) is 5.18. The molecule has 4 nitrogen and oxygen atoms in total. The standard InChI is InChI=1S/C10H18N4/c1-7-9(6-12-14(7)2)10(13-11)8-4-3-5-8/h6,8,10,13H,3-5,11H2,1-2H3. The van der Waals surface area contributed by atoms with Gasteiger partial charge in [0.1, 0.15) is 0 Å². The third kappa shape index (κ3) is 1.44. The summed E-state index contributed by atoms with van der Waals surface area (Å²) in [5, 5.41) is 4.25. The number of aromatic nitrogens is 2. The molecule has 1 aliphatic rings. The lowest BCUT2D eigenvalue weighted by Crippen LogP contribution is -2.36. The molecular weight excluding hydrogens is 176 g/mol. The predicted octanol–water partition coefficient (Wildman–Crippen LogP) is 1.03. The topological polar surface area (TPSA) is 55.9 Å². The summed E-state index contributed by atoms with van der Waals surface area (Å²) in [6.45, 7) is 2.09. The van der Waals surface area contributed by atoms with Crippen molar-refractivity contribution in [3.8, 4) is 0 Å². The van der Waals surface area contributed by atoms with Gasteiger partial charge in [0.2, 0.25) is 0 Å². The van der Waals surface area contributed by atoms with Crippen LogP contribution in [-0.2, 0) is 7.05 Å². The van der Waals surface area contributed by atoms with E-state index in [1.807, 2.05) is 17.9 Å². The van der Waals surface area contributed by atoms with Crippen LogP contribution in [0.4, 0.5) is 0 Å². The minimum Gasteiger partial charge on any atom is -0.273 e. The van der Waals surface area contributed by atoms with Crippen molar-refractivity contribution in [2.75, 3.05) is 0 Å². The van der Waals surface area contributed by atoms with E-state index in [0.29, 0.717) is 5.92 Å². The summed E-state index contributed by atoms with van der Waals surface area (Å²) in [5.74, 6) is 6.30. The molecule has 0 spiro atoms. The van der Waals surface area contributed by atoms with Crippen molar-refractivity contribution in [3.05, 3.63) is 17.5 Å². The van der Waals surface area contributed by atoms with Gasteiger partial charge >= 0.3 is 0 Å². The highest BCUT2D eigenvalue weighted by molar-refractivity contribution is 5.21. The molecule has 0 aromatic carbocycles. The molecule has 0 bridgehead atoms. The summed E-state index contributed by atoms with van der Waals surface area (Å²) in [6.07, 6.45) is 5.83. The van der Waals surface area contributed by atoms with Crippen molar-refractivity contribution in [3.63, 3.8) is 0 Å². The summed E-state index contributed by atoms with van der Waals surface area (Å²) in [5.41, 5.74) is 5.38. The fourth-order valence-electron chi connectivity index (χ4n) is 2.07. The number of nitrogens with one attached hydrogen (secondary N) is 1. The molecule has 1 unspecified atom stereocenters. The van der Waals surface area contributed by atoms with E-state index in [0.717, 1.165) is 0 Å². The largest absolute Gasteiger partial charge is 0.273 e. The Hall–Kier alpha value is -0.870. The maximum Gasteiger partial charge on any atom is 0.0540 e. The highest BCUT2D eigenvalue weighted by atomic mass is 15.3. The molecule has 1 aromatic rings. The molecule has 78 valence electrons. The highest BCUT2D eigenvalue weighted by Gasteiger charge is 2.29. The second-order valence-electron chi connectivity index (χ2n) is 4.14. The lowest BCUT2D eigenvalue weighted by atomic mass is 9.77. The Labute approximate surface area is 84.4 Å². The first-order valence-electron chi connectivity index (χ1n) is 5.18. The second kappa shape index (κ2) is 3.71. The number of hydrogen-bond donors (Lipinski definition) is 2. The third-order valence-corrected chi connectivity index (χ3v) is 3.41. The average Bonchev–Trinajstić information content (AvgIpc) is 2.41. The van der Waals surface area contributed by atoms with Crippen LogP contribution in [0.25, 0.3) is 0 Å². The van der Waals surface area contributed by atoms with E-state index < -0.39 is 0 Å². The van der Waals surface area contributed by atoms with E-state index in [-0.39, 0.29) is 6.04 Å². The van der Waals surface area contributed by atoms with Crippen molar-refractivity contribution in [2.45, 2.75) is 32.2 Å². The zero-order valence-corrected chi connectivity index (χ0v) is 8.83. The van der Waals surface area contributed by atoms with Gasteiger partial charge in [-0.15, -0.1) is 0 Å². The number of aryl methyl sites for hydroxylation is 1. The Morgan fingerprint density at radius 2 is 2.36 bits per heavy atom. The van der Waals surface area contributed by atoms with Gasteiger partial charge in [-0.1, -0.05) is 6.42 Å². The third-order valence-electron chi connectivity index (χ3n) is 3.41. The molecule has 0 amide bonds. The van der Waals surface area contributed by atoms with Gasteiger partial charge in [-0.3, -0.25) is 16.0 Å². The van der Waals surface area contributed by atoms with Crippen LogP contribution in [0, 0.1) is 12.8 Å². The number of rotatable bonds is 3. The first-order chi connectivity index (χ1) is 6.74. The van der Waals surface area contributed by atoms with Gasteiger partial charge in [0.15, 0.2) is 0 Å². The summed E-state index contributed by atoms with van der Waals surface area (Å²) < 4.78 is 1.90. The fourth-order valence-corrected chi connectivity index (χ4v) is 2.07. The van der Waals surface area contributed by atoms with Crippen molar-refractivity contribution in [1.82, 2.24) is 15.2 Å². The molecule has 1 aliphatic carbocycles. The molecule has 3 N–H and O–H groups in total. The summed E-state index contributed by atoms with van der Waals surface area (Å²) in [7, 11) is 1.97. The van der Waals surface area contributed by atoms with Crippen LogP contribution in [0.2, 0.25) is 0 Å². The van der Waals surface area contributed by atoms with E-state index in [1.165, 1.54) is 30.5 Å². The van der Waals surface area contributed by atoms with E-state index in [4.69, 9.17) is 5.84 Å². The molecule has 2 rings (SSSR count). The van der Waals surface area contributed by atoms with Gasteiger partial charge in [0.25, 0.3) is 0 Å². The van der Waals surface area contributed by atoms with Gasteiger partial charge in [-0.05, 0) is 25.7 Å². The van der Waals surface area contributed by atoms with Crippen LogP contribution in [-0.4, -0.2) is 9.78 Å². The molecule has 0 aliphatic heterocycles. The van der Waals surface area contributed by atoms with Gasteiger partial charge in [-0.2, -0.15) is 5.10 Å². The normalized spacial score (nSPS) is 19.4. The van der Waals surface area contributed by atoms with Crippen LogP contribution in [0.5, 0.6) is 0 Å². The Morgan fingerprint density at radius 1 is 1.64 bits per heavy atom. The van der Waals surface area contributed by atoms with Gasteiger partial charge < -0.3 is 0 Å². The quantitative estimate of drug-likeness (QED) is 0.558. The van der Waals surface area contributed by atoms with Crippen molar-refractivity contribution < 1.29 is 0 Å². The molecule has 4 heteroatoms. The lowest BCUT2D eigenvalue weighted by Gasteiger charge is -2.33. The van der Waals surface area contributed by atoms with Crippen LogP contribution in [0.15, 0.2) is 6.20 Å². The van der Waals surface area contributed by atoms with E-state index in [9.17, 15) is 0 Å². The first kappa shape index (κ1) is 9.68. The van der Waals surface area contributed by atoms with E-state index in [2.05, 4.69) is 17.4 Å². The number of nitrogens with two attached hydrogens (primary N) is 1. The Kier molecular flexibility index (Phi) is 2.56. The Balaban J connectivity index is 2.22. The maximum absolute atomic E-state index is 5.61. The Bertz CT molecular complexity index is 314. The van der Waals surface area contributed by atoms with Crippen molar-refractivity contribution in [1.29, 1.82) is 0 Å².